The number of benzene rings is 2. The molecule has 0 spiro atoms. The molecule has 0 aliphatic carbocycles. The van der Waals surface area contributed by atoms with Crippen molar-refractivity contribution in [2.75, 3.05) is 12.8 Å². The summed E-state index contributed by atoms with van der Waals surface area (Å²) in [5.74, 6) is -0.709. The molecule has 0 fully saturated rings. The van der Waals surface area contributed by atoms with Gasteiger partial charge in [0.25, 0.3) is 0 Å². The largest absolute Gasteiger partial charge is 0.351 e. The van der Waals surface area contributed by atoms with Crippen molar-refractivity contribution >= 4 is 23.5 Å². The molecule has 28 heavy (non-hydrogen) atoms. The Balaban J connectivity index is 1.90. The molecule has 6 heteroatoms. The van der Waals surface area contributed by atoms with Crippen LogP contribution in [0.15, 0.2) is 47.4 Å². The second-order valence-corrected chi connectivity index (χ2v) is 8.06. The van der Waals surface area contributed by atoms with Gasteiger partial charge in [0, 0.05) is 29.6 Å². The van der Waals surface area contributed by atoms with Crippen LogP contribution in [0.4, 0.5) is 4.39 Å². The minimum Gasteiger partial charge on any atom is -0.351 e. The number of rotatable bonds is 9. The van der Waals surface area contributed by atoms with Crippen molar-refractivity contribution in [2.24, 2.45) is 0 Å². The van der Waals surface area contributed by atoms with Crippen LogP contribution in [0.5, 0.6) is 0 Å². The lowest BCUT2D eigenvalue weighted by Gasteiger charge is -2.22. The summed E-state index contributed by atoms with van der Waals surface area (Å²) in [4.78, 5) is 26.1. The van der Waals surface area contributed by atoms with E-state index < -0.39 is 5.82 Å². The van der Waals surface area contributed by atoms with E-state index >= 15 is 0 Å². The first-order valence-corrected chi connectivity index (χ1v) is 10.2. The van der Waals surface area contributed by atoms with Crippen molar-refractivity contribution in [2.45, 2.75) is 44.8 Å². The van der Waals surface area contributed by atoms with Gasteiger partial charge in [-0.15, -0.1) is 11.8 Å². The molecule has 2 rings (SSSR count). The molecule has 0 unspecified atom stereocenters. The molecule has 0 radical (unpaired) electrons. The van der Waals surface area contributed by atoms with Gasteiger partial charge in [-0.25, -0.2) is 4.39 Å². The maximum atomic E-state index is 14.0. The van der Waals surface area contributed by atoms with Gasteiger partial charge in [-0.2, -0.15) is 0 Å². The molecule has 2 aromatic rings. The summed E-state index contributed by atoms with van der Waals surface area (Å²) in [6.07, 6.45) is 0. The first-order valence-electron chi connectivity index (χ1n) is 9.25. The zero-order valence-electron chi connectivity index (χ0n) is 16.8. The fourth-order valence-electron chi connectivity index (χ4n) is 2.56. The third-order valence-electron chi connectivity index (χ3n) is 4.59. The van der Waals surface area contributed by atoms with Gasteiger partial charge in [0.05, 0.1) is 5.75 Å². The molecule has 0 atom stereocenters. The highest BCUT2D eigenvalue weighted by molar-refractivity contribution is 8.00. The molecule has 1 amide bonds. The van der Waals surface area contributed by atoms with Gasteiger partial charge in [-0.3, -0.25) is 14.5 Å². The molecule has 0 aromatic heterocycles. The van der Waals surface area contributed by atoms with E-state index in [4.69, 9.17) is 0 Å². The molecule has 0 aliphatic rings. The molecule has 2 aromatic carbocycles. The molecule has 0 aliphatic heterocycles. The summed E-state index contributed by atoms with van der Waals surface area (Å²) < 4.78 is 14.0. The molecule has 1 N–H and O–H groups in total. The van der Waals surface area contributed by atoms with Gasteiger partial charge in [0.2, 0.25) is 5.91 Å². The lowest BCUT2D eigenvalue weighted by Crippen LogP contribution is -2.28. The van der Waals surface area contributed by atoms with Crippen molar-refractivity contribution in [1.29, 1.82) is 0 Å². The Hall–Kier alpha value is -2.18. The van der Waals surface area contributed by atoms with Gasteiger partial charge in [-0.1, -0.05) is 30.3 Å². The summed E-state index contributed by atoms with van der Waals surface area (Å²) in [5, 5.41) is 2.91. The topological polar surface area (TPSA) is 49.4 Å². The van der Waals surface area contributed by atoms with Crippen LogP contribution in [0.1, 0.15) is 42.3 Å². The third-order valence-corrected chi connectivity index (χ3v) is 5.64. The van der Waals surface area contributed by atoms with Gasteiger partial charge in [0.1, 0.15) is 5.82 Å². The van der Waals surface area contributed by atoms with E-state index in [1.807, 2.05) is 18.2 Å². The molecule has 4 nitrogen and oxygen atoms in total. The number of carbonyl (C=O) groups is 2. The number of Topliss-reactive ketones (excluding diaryl/α,β-unsaturated/α-hetero) is 1. The number of halogens is 1. The van der Waals surface area contributed by atoms with Crippen LogP contribution in [0.25, 0.3) is 0 Å². The number of thioether (sulfide) groups is 1. The molecular weight excluding hydrogens is 375 g/mol. The quantitative estimate of drug-likeness (QED) is 0.502. The smallest absolute Gasteiger partial charge is 0.230 e. The standard InChI is InChI=1S/C22H27FN2O2S/c1-15(2)25(4)13-19-8-6-5-7-18(19)12-24-22(27)14-28-21-10-9-17(16(3)26)11-20(21)23/h5-11,15H,12-14H2,1-4H3,(H,24,27). The Labute approximate surface area is 170 Å². The Kier molecular flexibility index (Phi) is 8.20. The second-order valence-electron chi connectivity index (χ2n) is 7.04. The van der Waals surface area contributed by atoms with Crippen LogP contribution in [0.2, 0.25) is 0 Å². The van der Waals surface area contributed by atoms with Gasteiger partial charge in [0.15, 0.2) is 5.78 Å². The number of nitrogens with zero attached hydrogens (tertiary/aromatic N) is 1. The first-order chi connectivity index (χ1) is 13.3. The van der Waals surface area contributed by atoms with Crippen molar-refractivity contribution in [3.63, 3.8) is 0 Å². The Morgan fingerprint density at radius 2 is 1.82 bits per heavy atom. The van der Waals surface area contributed by atoms with E-state index in [-0.39, 0.29) is 17.4 Å². The third kappa shape index (κ3) is 6.46. The predicted molar refractivity (Wildman–Crippen MR) is 112 cm³/mol. The lowest BCUT2D eigenvalue weighted by molar-refractivity contribution is -0.118. The summed E-state index contributed by atoms with van der Waals surface area (Å²) in [5.41, 5.74) is 2.58. The van der Waals surface area contributed by atoms with Gasteiger partial charge in [-0.05, 0) is 51.1 Å². The van der Waals surface area contributed by atoms with E-state index in [0.717, 1.165) is 23.9 Å². The molecule has 0 heterocycles. The Morgan fingerprint density at radius 1 is 1.14 bits per heavy atom. The average Bonchev–Trinajstić information content (AvgIpc) is 2.66. The van der Waals surface area contributed by atoms with Crippen LogP contribution >= 0.6 is 11.8 Å². The van der Waals surface area contributed by atoms with Crippen LogP contribution in [0, 0.1) is 5.82 Å². The first kappa shape index (κ1) is 22.1. The summed E-state index contributed by atoms with van der Waals surface area (Å²) in [6.45, 7) is 6.93. The average molecular weight is 403 g/mol. The maximum absolute atomic E-state index is 14.0. The van der Waals surface area contributed by atoms with Crippen molar-refractivity contribution < 1.29 is 14.0 Å². The normalized spacial score (nSPS) is 11.1. The molecule has 150 valence electrons. The van der Waals surface area contributed by atoms with Crippen LogP contribution in [0.3, 0.4) is 0 Å². The maximum Gasteiger partial charge on any atom is 0.230 e. The molecule has 0 saturated heterocycles. The minimum absolute atomic E-state index is 0.115. The molecular formula is C22H27FN2O2S. The van der Waals surface area contributed by atoms with E-state index in [1.165, 1.54) is 18.6 Å². The molecule has 0 saturated carbocycles. The zero-order valence-corrected chi connectivity index (χ0v) is 17.6. The number of hydrogen-bond acceptors (Lipinski definition) is 4. The number of hydrogen-bond donors (Lipinski definition) is 1. The highest BCUT2D eigenvalue weighted by Crippen LogP contribution is 2.23. The SMILES string of the molecule is CC(=O)c1ccc(SCC(=O)NCc2ccccc2CN(C)C(C)C)c(F)c1. The fourth-order valence-corrected chi connectivity index (χ4v) is 3.31. The predicted octanol–water partition coefficient (Wildman–Crippen LogP) is 4.28. The Morgan fingerprint density at radius 3 is 2.43 bits per heavy atom. The number of carbonyl (C=O) groups excluding carboxylic acids is 2. The van der Waals surface area contributed by atoms with Crippen molar-refractivity contribution in [3.8, 4) is 0 Å². The highest BCUT2D eigenvalue weighted by Gasteiger charge is 2.11. The van der Waals surface area contributed by atoms with Gasteiger partial charge < -0.3 is 5.32 Å². The van der Waals surface area contributed by atoms with Crippen LogP contribution in [-0.4, -0.2) is 35.4 Å². The number of ketones is 1. The van der Waals surface area contributed by atoms with E-state index in [9.17, 15) is 14.0 Å². The number of nitrogens with one attached hydrogen (secondary N) is 1. The van der Waals surface area contributed by atoms with E-state index in [1.54, 1.807) is 12.1 Å². The summed E-state index contributed by atoms with van der Waals surface area (Å²) in [6, 6.07) is 12.8. The lowest BCUT2D eigenvalue weighted by atomic mass is 10.1. The van der Waals surface area contributed by atoms with Crippen LogP contribution in [-0.2, 0) is 17.9 Å². The van der Waals surface area contributed by atoms with Gasteiger partial charge >= 0.3 is 0 Å². The highest BCUT2D eigenvalue weighted by atomic mass is 32.2. The Bertz CT molecular complexity index is 839. The zero-order chi connectivity index (χ0) is 20.7. The summed E-state index contributed by atoms with van der Waals surface area (Å²) >= 11 is 1.12. The minimum atomic E-state index is -0.479. The van der Waals surface area contributed by atoms with Crippen molar-refractivity contribution in [1.82, 2.24) is 10.2 Å². The van der Waals surface area contributed by atoms with E-state index in [0.29, 0.717) is 23.0 Å². The molecule has 0 bridgehead atoms. The second kappa shape index (κ2) is 10.4. The fraction of sp³-hybridized carbons (Fsp3) is 0.364. The van der Waals surface area contributed by atoms with Crippen molar-refractivity contribution in [3.05, 3.63) is 65.0 Å². The number of amides is 1. The monoisotopic (exact) mass is 402 g/mol. The van der Waals surface area contributed by atoms with E-state index in [2.05, 4.69) is 37.2 Å². The summed E-state index contributed by atoms with van der Waals surface area (Å²) in [7, 11) is 2.07. The van der Waals surface area contributed by atoms with Crippen LogP contribution < -0.4 is 5.32 Å².